The second-order valence-corrected chi connectivity index (χ2v) is 8.69. The Hall–Kier alpha value is -1.10. The van der Waals surface area contributed by atoms with E-state index in [1.54, 1.807) is 7.05 Å². The van der Waals surface area contributed by atoms with Crippen molar-refractivity contribution in [1.82, 2.24) is 4.90 Å². The number of carbonyl (C=O) groups excluding carboxylic acids is 1. The number of nitrogens with two attached hydrogens (primary N) is 1. The molecular weight excluding hydrogens is 314 g/mol. The summed E-state index contributed by atoms with van der Waals surface area (Å²) in [6.45, 7) is 4.97. The molecule has 2 saturated carbocycles. The monoisotopic (exact) mass is 349 g/mol. The summed E-state index contributed by atoms with van der Waals surface area (Å²) in [4.78, 5) is 19.1. The minimum atomic E-state index is -0.790. The van der Waals surface area contributed by atoms with Crippen LogP contribution in [0, 0.1) is 17.8 Å². The molecular formula is C20H35N3O2. The zero-order valence-electron chi connectivity index (χ0n) is 16.2. The van der Waals surface area contributed by atoms with Crippen LogP contribution in [0.3, 0.4) is 0 Å². The van der Waals surface area contributed by atoms with Crippen molar-refractivity contribution in [2.24, 2.45) is 28.5 Å². The number of nitrogens with zero attached hydrogens (tertiary/aromatic N) is 2. The number of hydrogen-bond donors (Lipinski definition) is 1. The van der Waals surface area contributed by atoms with Crippen molar-refractivity contribution in [3.8, 4) is 0 Å². The van der Waals surface area contributed by atoms with Gasteiger partial charge in [-0.05, 0) is 30.6 Å². The van der Waals surface area contributed by atoms with Crippen molar-refractivity contribution in [2.75, 3.05) is 13.7 Å². The minimum Gasteiger partial charge on any atom is -0.375 e. The molecule has 142 valence electrons. The number of guanidine groups is 1. The van der Waals surface area contributed by atoms with Gasteiger partial charge < -0.3 is 10.5 Å². The molecule has 0 aromatic rings. The van der Waals surface area contributed by atoms with Gasteiger partial charge >= 0.3 is 0 Å². The Balaban J connectivity index is 1.71. The fraction of sp³-hybridized carbons (Fsp3) is 0.900. The molecule has 25 heavy (non-hydrogen) atoms. The van der Waals surface area contributed by atoms with Gasteiger partial charge in [-0.25, -0.2) is 4.99 Å². The van der Waals surface area contributed by atoms with Crippen molar-refractivity contribution in [1.29, 1.82) is 0 Å². The molecule has 3 rings (SSSR count). The summed E-state index contributed by atoms with van der Waals surface area (Å²) in [5.41, 5.74) is 5.22. The highest BCUT2D eigenvalue weighted by Crippen LogP contribution is 2.37. The van der Waals surface area contributed by atoms with Gasteiger partial charge in [0.2, 0.25) is 0 Å². The molecule has 5 nitrogen and oxygen atoms in total. The van der Waals surface area contributed by atoms with Crippen molar-refractivity contribution in [2.45, 2.75) is 83.3 Å². The maximum atomic E-state index is 13.0. The van der Waals surface area contributed by atoms with Crippen LogP contribution in [0.2, 0.25) is 0 Å². The summed E-state index contributed by atoms with van der Waals surface area (Å²) in [5.74, 6) is 2.15. The van der Waals surface area contributed by atoms with Crippen LogP contribution in [0.5, 0.6) is 0 Å². The van der Waals surface area contributed by atoms with E-state index in [0.717, 1.165) is 12.8 Å². The van der Waals surface area contributed by atoms with Crippen LogP contribution in [0.4, 0.5) is 0 Å². The molecule has 0 aromatic heterocycles. The molecule has 2 N–H and O–H groups in total. The molecule has 1 aliphatic heterocycles. The largest absolute Gasteiger partial charge is 0.375 e. The Morgan fingerprint density at radius 1 is 1.16 bits per heavy atom. The van der Waals surface area contributed by atoms with E-state index >= 15 is 0 Å². The number of hydrogen-bond acceptors (Lipinski definition) is 4. The lowest BCUT2D eigenvalue weighted by Crippen LogP contribution is -2.48. The van der Waals surface area contributed by atoms with E-state index in [4.69, 9.17) is 10.5 Å². The summed E-state index contributed by atoms with van der Waals surface area (Å²) in [6.07, 6.45) is 10.9. The fourth-order valence-corrected chi connectivity index (χ4v) is 4.93. The number of likely N-dealkylation sites (N-methyl/N-ethyl adjacent to an activating group) is 1. The smallest absolute Gasteiger partial charge is 0.259 e. The first kappa shape index (κ1) is 18.7. The Bertz CT molecular complexity index is 515. The summed E-state index contributed by atoms with van der Waals surface area (Å²) >= 11 is 0. The van der Waals surface area contributed by atoms with E-state index in [2.05, 4.69) is 18.8 Å². The molecule has 3 aliphatic rings. The fourth-order valence-electron chi connectivity index (χ4n) is 4.93. The first-order chi connectivity index (χ1) is 11.9. The van der Waals surface area contributed by atoms with Crippen molar-refractivity contribution >= 4 is 11.9 Å². The number of carbonyl (C=O) groups is 1. The van der Waals surface area contributed by atoms with Crippen LogP contribution >= 0.6 is 0 Å². The Labute approximate surface area is 152 Å². The van der Waals surface area contributed by atoms with Crippen LogP contribution < -0.4 is 5.73 Å². The van der Waals surface area contributed by atoms with Crippen molar-refractivity contribution in [3.63, 3.8) is 0 Å². The van der Waals surface area contributed by atoms with Gasteiger partial charge in [0.25, 0.3) is 5.91 Å². The van der Waals surface area contributed by atoms with Gasteiger partial charge in [-0.2, -0.15) is 0 Å². The van der Waals surface area contributed by atoms with Gasteiger partial charge in [-0.1, -0.05) is 58.8 Å². The predicted octanol–water partition coefficient (Wildman–Crippen LogP) is 3.32. The van der Waals surface area contributed by atoms with Gasteiger partial charge in [0.15, 0.2) is 11.5 Å². The van der Waals surface area contributed by atoms with Gasteiger partial charge in [0, 0.05) is 7.05 Å². The Morgan fingerprint density at radius 2 is 1.88 bits per heavy atom. The van der Waals surface area contributed by atoms with Gasteiger partial charge in [0.05, 0.1) is 12.7 Å². The van der Waals surface area contributed by atoms with E-state index in [0.29, 0.717) is 30.3 Å². The third kappa shape index (κ3) is 3.86. The second kappa shape index (κ2) is 7.65. The van der Waals surface area contributed by atoms with Crippen molar-refractivity contribution in [3.05, 3.63) is 0 Å². The Kier molecular flexibility index (Phi) is 5.71. The highest BCUT2D eigenvalue weighted by Gasteiger charge is 2.48. The topological polar surface area (TPSA) is 67.9 Å². The van der Waals surface area contributed by atoms with E-state index in [1.807, 2.05) is 0 Å². The summed E-state index contributed by atoms with van der Waals surface area (Å²) < 4.78 is 6.35. The van der Waals surface area contributed by atoms with E-state index in [-0.39, 0.29) is 12.0 Å². The molecule has 0 radical (unpaired) electrons. The van der Waals surface area contributed by atoms with Crippen LogP contribution in [0.25, 0.3) is 0 Å². The third-order valence-electron chi connectivity index (χ3n) is 6.89. The molecule has 0 bridgehead atoms. The van der Waals surface area contributed by atoms with Gasteiger partial charge in [0.1, 0.15) is 0 Å². The number of rotatable bonds is 5. The molecule has 2 aliphatic carbocycles. The lowest BCUT2D eigenvalue weighted by molar-refractivity contribution is -0.136. The molecule has 1 heterocycles. The molecule has 1 amide bonds. The number of amides is 1. The maximum Gasteiger partial charge on any atom is 0.259 e. The van der Waals surface area contributed by atoms with E-state index in [9.17, 15) is 4.79 Å². The third-order valence-corrected chi connectivity index (χ3v) is 6.89. The normalized spacial score (nSPS) is 37.4. The summed E-state index contributed by atoms with van der Waals surface area (Å²) in [7, 11) is 1.73. The van der Waals surface area contributed by atoms with Crippen LogP contribution in [0.1, 0.15) is 71.6 Å². The first-order valence-electron chi connectivity index (χ1n) is 10.2. The van der Waals surface area contributed by atoms with E-state index < -0.39 is 5.54 Å². The van der Waals surface area contributed by atoms with Crippen LogP contribution in [-0.4, -0.2) is 42.1 Å². The Morgan fingerprint density at radius 3 is 2.52 bits per heavy atom. The summed E-state index contributed by atoms with van der Waals surface area (Å²) in [6, 6.07) is 0. The average Bonchev–Trinajstić information content (AvgIpc) is 2.81. The standard InChI is InChI=1S/C20H35N3O2/c1-14-8-7-11-17(15(14)2)25-13-20(12-16-9-5-4-6-10-16)18(24)23(3)19(21)22-20/h14-17H,4-13H2,1-3H3,(H2,21,22). The molecule has 0 spiro atoms. The van der Waals surface area contributed by atoms with Gasteiger partial charge in [-0.15, -0.1) is 0 Å². The highest BCUT2D eigenvalue weighted by molar-refractivity contribution is 6.06. The molecule has 4 atom stereocenters. The number of aliphatic imine (C=N–C) groups is 1. The molecule has 0 aromatic carbocycles. The SMILES string of the molecule is CC1CCCC(OCC2(CC3CCCCC3)N=C(N)N(C)C2=O)C1C. The second-order valence-electron chi connectivity index (χ2n) is 8.69. The minimum absolute atomic E-state index is 0.0204. The molecule has 5 heteroatoms. The lowest BCUT2D eigenvalue weighted by atomic mass is 9.78. The van der Waals surface area contributed by atoms with Crippen LogP contribution in [0.15, 0.2) is 4.99 Å². The summed E-state index contributed by atoms with van der Waals surface area (Å²) in [5, 5.41) is 0. The average molecular weight is 350 g/mol. The number of ether oxygens (including phenoxy) is 1. The zero-order valence-corrected chi connectivity index (χ0v) is 16.2. The maximum absolute atomic E-state index is 13.0. The molecule has 2 fully saturated rings. The quantitative estimate of drug-likeness (QED) is 0.828. The molecule has 0 saturated heterocycles. The van der Waals surface area contributed by atoms with Crippen LogP contribution in [-0.2, 0) is 9.53 Å². The zero-order chi connectivity index (χ0) is 18.0. The lowest BCUT2D eigenvalue weighted by Gasteiger charge is -2.37. The predicted molar refractivity (Wildman–Crippen MR) is 100 cm³/mol. The molecule has 4 unspecified atom stereocenters. The highest BCUT2D eigenvalue weighted by atomic mass is 16.5. The first-order valence-corrected chi connectivity index (χ1v) is 10.2. The van der Waals surface area contributed by atoms with Gasteiger partial charge in [-0.3, -0.25) is 9.69 Å². The van der Waals surface area contributed by atoms with Crippen molar-refractivity contribution < 1.29 is 9.53 Å². The van der Waals surface area contributed by atoms with E-state index in [1.165, 1.54) is 49.8 Å².